The smallest absolute Gasteiger partial charge is 0.196 e. The van der Waals surface area contributed by atoms with Gasteiger partial charge in [0.05, 0.1) is 22.7 Å². The van der Waals surface area contributed by atoms with Crippen LogP contribution >= 0.6 is 23.2 Å². The molecule has 20 heavy (non-hydrogen) atoms. The lowest BCUT2D eigenvalue weighted by Gasteiger charge is -2.13. The van der Waals surface area contributed by atoms with Crippen LogP contribution in [0.4, 0.5) is 0 Å². The Bertz CT molecular complexity index is 678. The van der Waals surface area contributed by atoms with Crippen LogP contribution in [0.25, 0.3) is 0 Å². The molecule has 104 valence electrons. The number of hydrogen-bond donors (Lipinski definition) is 0. The maximum atomic E-state index is 12.6. The van der Waals surface area contributed by atoms with Crippen molar-refractivity contribution in [1.29, 1.82) is 0 Å². The minimum atomic E-state index is -0.136. The van der Waals surface area contributed by atoms with E-state index in [0.29, 0.717) is 26.9 Å². The van der Waals surface area contributed by atoms with E-state index in [9.17, 15) is 4.79 Å². The molecule has 0 atom stereocenters. The number of ketones is 1. The minimum absolute atomic E-state index is 0.136. The first-order valence-electron chi connectivity index (χ1n) is 6.09. The Labute approximate surface area is 128 Å². The molecule has 2 rings (SSSR count). The number of rotatable bonds is 3. The molecular formula is C16H14Cl2O2. The number of benzene rings is 2. The van der Waals surface area contributed by atoms with Crippen molar-refractivity contribution in [2.75, 3.05) is 7.11 Å². The predicted octanol–water partition coefficient (Wildman–Crippen LogP) is 4.85. The maximum absolute atomic E-state index is 12.6. The van der Waals surface area contributed by atoms with E-state index < -0.39 is 0 Å². The molecule has 0 radical (unpaired) electrons. The molecule has 0 amide bonds. The van der Waals surface area contributed by atoms with Crippen LogP contribution < -0.4 is 4.74 Å². The van der Waals surface area contributed by atoms with Crippen LogP contribution in [0.5, 0.6) is 5.75 Å². The molecule has 0 aromatic heterocycles. The summed E-state index contributed by atoms with van der Waals surface area (Å²) in [4.78, 5) is 12.6. The monoisotopic (exact) mass is 308 g/mol. The highest BCUT2D eigenvalue weighted by Crippen LogP contribution is 2.30. The van der Waals surface area contributed by atoms with Crippen molar-refractivity contribution in [2.24, 2.45) is 0 Å². The topological polar surface area (TPSA) is 26.3 Å². The Balaban J connectivity index is 2.53. The van der Waals surface area contributed by atoms with Crippen molar-refractivity contribution < 1.29 is 9.53 Å². The van der Waals surface area contributed by atoms with E-state index in [4.69, 9.17) is 27.9 Å². The van der Waals surface area contributed by atoms with Gasteiger partial charge in [-0.15, -0.1) is 0 Å². The van der Waals surface area contributed by atoms with Gasteiger partial charge in [-0.25, -0.2) is 0 Å². The standard InChI is InChI=1S/C16H14Cl2O2/c1-9-4-6-12(16(20-3)10(9)2)15(19)11-5-7-13(17)14(18)8-11/h4-8H,1-3H3. The normalized spacial score (nSPS) is 10.4. The number of aryl methyl sites for hydroxylation is 1. The summed E-state index contributed by atoms with van der Waals surface area (Å²) in [5.74, 6) is 0.463. The minimum Gasteiger partial charge on any atom is -0.496 e. The van der Waals surface area contributed by atoms with Gasteiger partial charge in [0.15, 0.2) is 5.78 Å². The Hall–Kier alpha value is -1.51. The van der Waals surface area contributed by atoms with Gasteiger partial charge in [0.2, 0.25) is 0 Å². The maximum Gasteiger partial charge on any atom is 0.196 e. The van der Waals surface area contributed by atoms with Gasteiger partial charge in [0.25, 0.3) is 0 Å². The number of hydrogen-bond acceptors (Lipinski definition) is 2. The molecule has 2 aromatic carbocycles. The van der Waals surface area contributed by atoms with Gasteiger partial charge in [0, 0.05) is 5.56 Å². The van der Waals surface area contributed by atoms with Crippen molar-refractivity contribution in [3.8, 4) is 5.75 Å². The Morgan fingerprint density at radius 3 is 2.35 bits per heavy atom. The highest BCUT2D eigenvalue weighted by Gasteiger charge is 2.17. The summed E-state index contributed by atoms with van der Waals surface area (Å²) >= 11 is 11.8. The third kappa shape index (κ3) is 2.67. The summed E-state index contributed by atoms with van der Waals surface area (Å²) in [5.41, 5.74) is 3.04. The van der Waals surface area contributed by atoms with Gasteiger partial charge in [-0.3, -0.25) is 4.79 Å². The summed E-state index contributed by atoms with van der Waals surface area (Å²) in [6.45, 7) is 3.91. The molecule has 0 aliphatic rings. The van der Waals surface area contributed by atoms with E-state index >= 15 is 0 Å². The van der Waals surface area contributed by atoms with Gasteiger partial charge < -0.3 is 4.74 Å². The van der Waals surface area contributed by atoms with Crippen LogP contribution in [0.15, 0.2) is 30.3 Å². The molecular weight excluding hydrogens is 295 g/mol. The van der Waals surface area contributed by atoms with E-state index in [1.54, 1.807) is 31.4 Å². The molecule has 0 spiro atoms. The average Bonchev–Trinajstić information content (AvgIpc) is 2.44. The molecule has 2 nitrogen and oxygen atoms in total. The molecule has 2 aromatic rings. The lowest BCUT2D eigenvalue weighted by Crippen LogP contribution is -2.06. The lowest BCUT2D eigenvalue weighted by molar-refractivity contribution is 0.103. The van der Waals surface area contributed by atoms with E-state index in [1.807, 2.05) is 19.9 Å². The first-order chi connectivity index (χ1) is 9.45. The van der Waals surface area contributed by atoms with Gasteiger partial charge in [-0.05, 0) is 49.2 Å². The Kier molecular flexibility index (Phi) is 4.36. The molecule has 4 heteroatoms. The molecule has 0 saturated heterocycles. The average molecular weight is 309 g/mol. The number of carbonyl (C=O) groups excluding carboxylic acids is 1. The fourth-order valence-electron chi connectivity index (χ4n) is 2.02. The molecule has 0 N–H and O–H groups in total. The first kappa shape index (κ1) is 14.9. The summed E-state index contributed by atoms with van der Waals surface area (Å²) in [6.07, 6.45) is 0. The SMILES string of the molecule is COc1c(C(=O)c2ccc(Cl)c(Cl)c2)ccc(C)c1C. The molecule has 0 aliphatic heterocycles. The van der Waals surface area contributed by atoms with Crippen LogP contribution in [0.3, 0.4) is 0 Å². The second-order valence-corrected chi connectivity index (χ2v) is 5.36. The Morgan fingerprint density at radius 1 is 1.05 bits per heavy atom. The van der Waals surface area contributed by atoms with E-state index in [-0.39, 0.29) is 5.78 Å². The largest absolute Gasteiger partial charge is 0.496 e. The van der Waals surface area contributed by atoms with E-state index in [1.165, 1.54) is 0 Å². The van der Waals surface area contributed by atoms with Crippen LogP contribution in [-0.2, 0) is 0 Å². The van der Waals surface area contributed by atoms with Crippen molar-refractivity contribution >= 4 is 29.0 Å². The van der Waals surface area contributed by atoms with Crippen LogP contribution in [0, 0.1) is 13.8 Å². The van der Waals surface area contributed by atoms with Crippen LogP contribution in [0.2, 0.25) is 10.0 Å². The molecule has 0 fully saturated rings. The fourth-order valence-corrected chi connectivity index (χ4v) is 2.32. The summed E-state index contributed by atoms with van der Waals surface area (Å²) in [6, 6.07) is 8.52. The van der Waals surface area contributed by atoms with E-state index in [0.717, 1.165) is 11.1 Å². The van der Waals surface area contributed by atoms with Gasteiger partial charge in [-0.2, -0.15) is 0 Å². The summed E-state index contributed by atoms with van der Waals surface area (Å²) in [5, 5.41) is 0.788. The highest BCUT2D eigenvalue weighted by atomic mass is 35.5. The number of methoxy groups -OCH3 is 1. The number of halogens is 2. The molecule has 0 saturated carbocycles. The first-order valence-corrected chi connectivity index (χ1v) is 6.85. The Morgan fingerprint density at radius 2 is 1.75 bits per heavy atom. The quantitative estimate of drug-likeness (QED) is 0.758. The second-order valence-electron chi connectivity index (χ2n) is 4.55. The number of ether oxygens (including phenoxy) is 1. The van der Waals surface area contributed by atoms with Crippen molar-refractivity contribution in [2.45, 2.75) is 13.8 Å². The molecule has 0 aliphatic carbocycles. The predicted molar refractivity (Wildman–Crippen MR) is 82.4 cm³/mol. The lowest BCUT2D eigenvalue weighted by atomic mass is 9.97. The third-order valence-electron chi connectivity index (χ3n) is 3.31. The second kappa shape index (κ2) is 5.86. The fraction of sp³-hybridized carbons (Fsp3) is 0.188. The van der Waals surface area contributed by atoms with Gasteiger partial charge in [-0.1, -0.05) is 29.3 Å². The summed E-state index contributed by atoms with van der Waals surface area (Å²) < 4.78 is 5.37. The molecule has 0 bridgehead atoms. The van der Waals surface area contributed by atoms with Crippen LogP contribution in [-0.4, -0.2) is 12.9 Å². The third-order valence-corrected chi connectivity index (χ3v) is 4.05. The molecule has 0 unspecified atom stereocenters. The molecule has 0 heterocycles. The van der Waals surface area contributed by atoms with Crippen molar-refractivity contribution in [3.05, 3.63) is 62.6 Å². The zero-order valence-electron chi connectivity index (χ0n) is 11.5. The van der Waals surface area contributed by atoms with Gasteiger partial charge in [0.1, 0.15) is 5.75 Å². The zero-order valence-corrected chi connectivity index (χ0v) is 13.0. The highest BCUT2D eigenvalue weighted by molar-refractivity contribution is 6.42. The van der Waals surface area contributed by atoms with Gasteiger partial charge >= 0.3 is 0 Å². The van der Waals surface area contributed by atoms with Crippen molar-refractivity contribution in [1.82, 2.24) is 0 Å². The summed E-state index contributed by atoms with van der Waals surface area (Å²) in [7, 11) is 1.56. The zero-order chi connectivity index (χ0) is 14.9. The number of carbonyl (C=O) groups is 1. The van der Waals surface area contributed by atoms with Crippen molar-refractivity contribution in [3.63, 3.8) is 0 Å². The van der Waals surface area contributed by atoms with E-state index in [2.05, 4.69) is 0 Å². The van der Waals surface area contributed by atoms with Crippen LogP contribution in [0.1, 0.15) is 27.0 Å².